The molecule has 8 nitrogen and oxygen atoms in total. The topological polar surface area (TPSA) is 76.6 Å². The first-order chi connectivity index (χ1) is 12.2. The maximum atomic E-state index is 13.1. The van der Waals surface area contributed by atoms with Crippen molar-refractivity contribution in [3.63, 3.8) is 0 Å². The van der Waals surface area contributed by atoms with Gasteiger partial charge in [-0.25, -0.2) is 0 Å². The SMILES string of the molecule is Cc1cc(C(=O)N2Cc3ccnn3CCC2CN2CCOCC2)on1. The smallest absolute Gasteiger partial charge is 0.293 e. The minimum atomic E-state index is -0.103. The molecule has 1 atom stereocenters. The lowest BCUT2D eigenvalue weighted by atomic mass is 10.1. The van der Waals surface area contributed by atoms with Crippen LogP contribution in [0.3, 0.4) is 0 Å². The molecule has 2 aromatic rings. The molecule has 25 heavy (non-hydrogen) atoms. The van der Waals surface area contributed by atoms with Gasteiger partial charge < -0.3 is 14.2 Å². The van der Waals surface area contributed by atoms with Gasteiger partial charge in [0.25, 0.3) is 5.91 Å². The molecule has 0 radical (unpaired) electrons. The molecular weight excluding hydrogens is 322 g/mol. The van der Waals surface area contributed by atoms with Crippen LogP contribution in [-0.2, 0) is 17.8 Å². The van der Waals surface area contributed by atoms with E-state index >= 15 is 0 Å². The standard InChI is InChI=1S/C17H23N5O3/c1-13-10-16(25-19-13)17(23)21-12-15-2-4-18-22(15)5-3-14(21)11-20-6-8-24-9-7-20/h2,4,10,14H,3,5-9,11-12H2,1H3. The van der Waals surface area contributed by atoms with Crippen molar-refractivity contribution < 1.29 is 14.1 Å². The molecule has 0 aliphatic carbocycles. The number of fused-ring (bicyclic) bond motifs is 1. The van der Waals surface area contributed by atoms with Crippen LogP contribution >= 0.6 is 0 Å². The van der Waals surface area contributed by atoms with Gasteiger partial charge in [0.15, 0.2) is 0 Å². The minimum absolute atomic E-state index is 0.103. The van der Waals surface area contributed by atoms with E-state index in [4.69, 9.17) is 9.26 Å². The molecule has 4 heterocycles. The van der Waals surface area contributed by atoms with Crippen LogP contribution in [0.5, 0.6) is 0 Å². The summed E-state index contributed by atoms with van der Waals surface area (Å²) in [6.45, 7) is 7.34. The number of amides is 1. The zero-order valence-electron chi connectivity index (χ0n) is 14.4. The summed E-state index contributed by atoms with van der Waals surface area (Å²) in [5, 5.41) is 8.24. The normalized spacial score (nSPS) is 21.8. The predicted octanol–water partition coefficient (Wildman–Crippen LogP) is 0.926. The molecule has 134 valence electrons. The van der Waals surface area contributed by atoms with E-state index in [9.17, 15) is 4.79 Å². The molecule has 1 fully saturated rings. The number of carbonyl (C=O) groups is 1. The molecule has 0 bridgehead atoms. The number of carbonyl (C=O) groups excluding carboxylic acids is 1. The van der Waals surface area contributed by atoms with Crippen molar-refractivity contribution in [3.05, 3.63) is 35.5 Å². The van der Waals surface area contributed by atoms with Crippen LogP contribution in [0, 0.1) is 6.92 Å². The fraction of sp³-hybridized carbons (Fsp3) is 0.588. The Labute approximate surface area is 146 Å². The number of morpholine rings is 1. The van der Waals surface area contributed by atoms with Crippen molar-refractivity contribution in [1.29, 1.82) is 0 Å². The number of nitrogens with zero attached hydrogens (tertiary/aromatic N) is 5. The molecule has 2 aliphatic rings. The summed E-state index contributed by atoms with van der Waals surface area (Å²) < 4.78 is 12.7. The number of hydrogen-bond acceptors (Lipinski definition) is 6. The third-order valence-electron chi connectivity index (χ3n) is 4.92. The first kappa shape index (κ1) is 16.3. The number of aromatic nitrogens is 3. The highest BCUT2D eigenvalue weighted by Crippen LogP contribution is 2.21. The molecule has 4 rings (SSSR count). The fourth-order valence-electron chi connectivity index (χ4n) is 3.54. The van der Waals surface area contributed by atoms with Crippen molar-refractivity contribution in [1.82, 2.24) is 24.7 Å². The van der Waals surface area contributed by atoms with Crippen LogP contribution in [0.2, 0.25) is 0 Å². The summed E-state index contributed by atoms with van der Waals surface area (Å²) in [7, 11) is 0. The highest BCUT2D eigenvalue weighted by Gasteiger charge is 2.32. The molecule has 2 aliphatic heterocycles. The van der Waals surface area contributed by atoms with E-state index < -0.39 is 0 Å². The van der Waals surface area contributed by atoms with Gasteiger partial charge in [0.1, 0.15) is 0 Å². The van der Waals surface area contributed by atoms with E-state index in [0.29, 0.717) is 18.0 Å². The Morgan fingerprint density at radius 3 is 2.92 bits per heavy atom. The maximum absolute atomic E-state index is 13.1. The molecule has 1 amide bonds. The number of ether oxygens (including phenoxy) is 1. The minimum Gasteiger partial charge on any atom is -0.379 e. The van der Waals surface area contributed by atoms with Gasteiger partial charge in [0.05, 0.1) is 31.1 Å². The predicted molar refractivity (Wildman–Crippen MR) is 89.0 cm³/mol. The van der Waals surface area contributed by atoms with Gasteiger partial charge in [-0.15, -0.1) is 0 Å². The quantitative estimate of drug-likeness (QED) is 0.824. The molecule has 1 saturated heterocycles. The van der Waals surface area contributed by atoms with Crippen LogP contribution in [0.25, 0.3) is 0 Å². The molecule has 1 unspecified atom stereocenters. The van der Waals surface area contributed by atoms with Gasteiger partial charge in [0, 0.05) is 44.5 Å². The van der Waals surface area contributed by atoms with Crippen LogP contribution in [0.15, 0.2) is 22.9 Å². The second-order valence-corrected chi connectivity index (χ2v) is 6.67. The number of rotatable bonds is 3. The van der Waals surface area contributed by atoms with Crippen LogP contribution in [-0.4, -0.2) is 69.5 Å². The Morgan fingerprint density at radius 2 is 2.16 bits per heavy atom. The van der Waals surface area contributed by atoms with Gasteiger partial charge in [-0.2, -0.15) is 5.10 Å². The summed E-state index contributed by atoms with van der Waals surface area (Å²) in [4.78, 5) is 17.4. The molecule has 0 spiro atoms. The number of aryl methyl sites for hydroxylation is 2. The van der Waals surface area contributed by atoms with Crippen molar-refractivity contribution in [3.8, 4) is 0 Å². The molecule has 0 N–H and O–H groups in total. The van der Waals surface area contributed by atoms with Crippen molar-refractivity contribution in [2.45, 2.75) is 32.5 Å². The van der Waals surface area contributed by atoms with Crippen LogP contribution in [0.1, 0.15) is 28.4 Å². The third kappa shape index (κ3) is 3.45. The zero-order chi connectivity index (χ0) is 17.2. The summed E-state index contributed by atoms with van der Waals surface area (Å²) in [6, 6.07) is 3.79. The Hall–Kier alpha value is -2.19. The summed E-state index contributed by atoms with van der Waals surface area (Å²) in [5.74, 6) is 0.200. The third-order valence-corrected chi connectivity index (χ3v) is 4.92. The maximum Gasteiger partial charge on any atom is 0.293 e. The van der Waals surface area contributed by atoms with Crippen molar-refractivity contribution >= 4 is 5.91 Å². The van der Waals surface area contributed by atoms with E-state index in [1.54, 1.807) is 12.3 Å². The second-order valence-electron chi connectivity index (χ2n) is 6.67. The molecule has 2 aromatic heterocycles. The van der Waals surface area contributed by atoms with Crippen LogP contribution in [0.4, 0.5) is 0 Å². The largest absolute Gasteiger partial charge is 0.379 e. The van der Waals surface area contributed by atoms with E-state index in [-0.39, 0.29) is 11.9 Å². The lowest BCUT2D eigenvalue weighted by Crippen LogP contribution is -2.48. The van der Waals surface area contributed by atoms with E-state index in [2.05, 4.69) is 15.2 Å². The van der Waals surface area contributed by atoms with E-state index in [1.165, 1.54) is 0 Å². The highest BCUT2D eigenvalue weighted by atomic mass is 16.5. The van der Waals surface area contributed by atoms with Crippen LogP contribution < -0.4 is 0 Å². The van der Waals surface area contributed by atoms with Gasteiger partial charge in [0.2, 0.25) is 5.76 Å². The lowest BCUT2D eigenvalue weighted by Gasteiger charge is -2.35. The van der Waals surface area contributed by atoms with E-state index in [0.717, 1.165) is 51.5 Å². The summed E-state index contributed by atoms with van der Waals surface area (Å²) in [6.07, 6.45) is 2.66. The highest BCUT2D eigenvalue weighted by molar-refractivity contribution is 5.91. The van der Waals surface area contributed by atoms with Crippen molar-refractivity contribution in [2.75, 3.05) is 32.8 Å². The van der Waals surface area contributed by atoms with E-state index in [1.807, 2.05) is 22.6 Å². The Kier molecular flexibility index (Phi) is 4.54. The van der Waals surface area contributed by atoms with Gasteiger partial charge in [-0.1, -0.05) is 5.16 Å². The van der Waals surface area contributed by atoms with Crippen molar-refractivity contribution in [2.24, 2.45) is 0 Å². The fourth-order valence-corrected chi connectivity index (χ4v) is 3.54. The average molecular weight is 345 g/mol. The van der Waals surface area contributed by atoms with Gasteiger partial charge in [-0.3, -0.25) is 14.4 Å². The lowest BCUT2D eigenvalue weighted by molar-refractivity contribution is 0.0194. The number of hydrogen-bond donors (Lipinski definition) is 0. The van der Waals surface area contributed by atoms with Gasteiger partial charge >= 0.3 is 0 Å². The molecule has 0 saturated carbocycles. The molecule has 8 heteroatoms. The first-order valence-electron chi connectivity index (χ1n) is 8.76. The first-order valence-corrected chi connectivity index (χ1v) is 8.76. The second kappa shape index (κ2) is 6.97. The Bertz CT molecular complexity index is 734. The summed E-state index contributed by atoms with van der Waals surface area (Å²) in [5.41, 5.74) is 1.77. The average Bonchev–Trinajstić information content (AvgIpc) is 3.22. The summed E-state index contributed by atoms with van der Waals surface area (Å²) >= 11 is 0. The Morgan fingerprint density at radius 1 is 1.32 bits per heavy atom. The monoisotopic (exact) mass is 345 g/mol. The zero-order valence-corrected chi connectivity index (χ0v) is 14.4. The Balaban J connectivity index is 1.58. The molecular formula is C17H23N5O3. The molecule has 0 aromatic carbocycles. The van der Waals surface area contributed by atoms with Gasteiger partial charge in [-0.05, 0) is 19.4 Å².